The molecule has 1 unspecified atom stereocenters. The van der Waals surface area contributed by atoms with Gasteiger partial charge in [0.25, 0.3) is 0 Å². The van der Waals surface area contributed by atoms with Crippen molar-refractivity contribution >= 4 is 11.6 Å². The van der Waals surface area contributed by atoms with Crippen LogP contribution in [-0.4, -0.2) is 46.5 Å². The summed E-state index contributed by atoms with van der Waals surface area (Å²) in [5.41, 5.74) is 6.66. The van der Waals surface area contributed by atoms with Crippen LogP contribution in [0.3, 0.4) is 0 Å². The molecule has 0 amide bonds. The molecule has 0 spiro atoms. The Morgan fingerprint density at radius 1 is 1.38 bits per heavy atom. The maximum absolute atomic E-state index is 9.46. The number of rotatable bonds is 3. The predicted molar refractivity (Wildman–Crippen MR) is 81.4 cm³/mol. The van der Waals surface area contributed by atoms with Gasteiger partial charge < -0.3 is 20.5 Å². The summed E-state index contributed by atoms with van der Waals surface area (Å²) in [4.78, 5) is 11.3. The van der Waals surface area contributed by atoms with Crippen LogP contribution >= 0.6 is 0 Å². The molecule has 3 rings (SSSR count). The fourth-order valence-corrected chi connectivity index (χ4v) is 2.92. The van der Waals surface area contributed by atoms with Crippen molar-refractivity contribution in [1.29, 1.82) is 0 Å². The van der Waals surface area contributed by atoms with Crippen molar-refractivity contribution in [2.75, 3.05) is 30.3 Å². The average molecular weight is 292 g/mol. The van der Waals surface area contributed by atoms with Gasteiger partial charge in [0.1, 0.15) is 17.5 Å². The van der Waals surface area contributed by atoms with E-state index in [0.717, 1.165) is 36.6 Å². The third-order valence-corrected chi connectivity index (χ3v) is 4.10. The number of aliphatic hydroxyl groups excluding tert-OH is 1. The number of ether oxygens (including phenoxy) is 1. The first-order chi connectivity index (χ1) is 9.89. The number of hydrogen-bond donors (Lipinski definition) is 2. The van der Waals surface area contributed by atoms with Gasteiger partial charge in [-0.25, -0.2) is 9.97 Å². The minimum absolute atomic E-state index is 0.00895. The predicted octanol–water partition coefficient (Wildman–Crippen LogP) is 1.22. The van der Waals surface area contributed by atoms with E-state index < -0.39 is 0 Å². The van der Waals surface area contributed by atoms with Crippen LogP contribution < -0.4 is 10.6 Å². The Hall–Kier alpha value is -1.40. The third-order valence-electron chi connectivity index (χ3n) is 4.10. The lowest BCUT2D eigenvalue weighted by atomic mass is 10.0. The SMILES string of the molecule is Cc1c(N)nc(C2CC2)nc1N1CC(CO)OC(C)(C)C1. The zero-order chi connectivity index (χ0) is 15.2. The van der Waals surface area contributed by atoms with Crippen molar-refractivity contribution < 1.29 is 9.84 Å². The van der Waals surface area contributed by atoms with E-state index in [9.17, 15) is 5.11 Å². The number of morpholine rings is 1. The van der Waals surface area contributed by atoms with Crippen LogP contribution in [0.15, 0.2) is 0 Å². The average Bonchev–Trinajstić information content (AvgIpc) is 3.24. The van der Waals surface area contributed by atoms with Crippen molar-refractivity contribution in [3.8, 4) is 0 Å². The quantitative estimate of drug-likeness (QED) is 0.871. The van der Waals surface area contributed by atoms with E-state index in [2.05, 4.69) is 9.88 Å². The summed E-state index contributed by atoms with van der Waals surface area (Å²) in [6, 6.07) is 0. The summed E-state index contributed by atoms with van der Waals surface area (Å²) in [6.45, 7) is 7.38. The van der Waals surface area contributed by atoms with Crippen molar-refractivity contribution in [3.63, 3.8) is 0 Å². The lowest BCUT2D eigenvalue weighted by molar-refractivity contribution is -0.101. The van der Waals surface area contributed by atoms with Gasteiger partial charge in [-0.05, 0) is 33.6 Å². The Labute approximate surface area is 125 Å². The van der Waals surface area contributed by atoms with Crippen LogP contribution in [0.25, 0.3) is 0 Å². The smallest absolute Gasteiger partial charge is 0.137 e. The fourth-order valence-electron chi connectivity index (χ4n) is 2.92. The molecular weight excluding hydrogens is 268 g/mol. The highest BCUT2D eigenvalue weighted by atomic mass is 16.5. The van der Waals surface area contributed by atoms with E-state index in [0.29, 0.717) is 18.3 Å². The Morgan fingerprint density at radius 2 is 2.10 bits per heavy atom. The fraction of sp³-hybridized carbons (Fsp3) is 0.733. The normalized spacial score (nSPS) is 25.1. The molecule has 0 aromatic carbocycles. The lowest BCUT2D eigenvalue weighted by Gasteiger charge is -2.43. The first-order valence-electron chi connectivity index (χ1n) is 7.57. The third kappa shape index (κ3) is 2.96. The zero-order valence-electron chi connectivity index (χ0n) is 13.0. The lowest BCUT2D eigenvalue weighted by Crippen LogP contribution is -2.54. The molecule has 0 bridgehead atoms. The van der Waals surface area contributed by atoms with E-state index in [1.54, 1.807) is 0 Å². The molecule has 1 saturated carbocycles. The van der Waals surface area contributed by atoms with E-state index in [-0.39, 0.29) is 18.3 Å². The molecule has 0 radical (unpaired) electrons. The second kappa shape index (κ2) is 5.10. The van der Waals surface area contributed by atoms with Gasteiger partial charge in [0.15, 0.2) is 0 Å². The highest BCUT2D eigenvalue weighted by Crippen LogP contribution is 2.40. The molecule has 1 atom stereocenters. The van der Waals surface area contributed by atoms with E-state index in [1.807, 2.05) is 20.8 Å². The molecule has 6 nitrogen and oxygen atoms in total. The molecule has 6 heteroatoms. The highest BCUT2D eigenvalue weighted by molar-refractivity contribution is 5.57. The van der Waals surface area contributed by atoms with Gasteiger partial charge >= 0.3 is 0 Å². The van der Waals surface area contributed by atoms with Gasteiger partial charge in [0.2, 0.25) is 0 Å². The minimum atomic E-state index is -0.322. The topological polar surface area (TPSA) is 84.5 Å². The first kappa shape index (κ1) is 14.5. The molecule has 3 N–H and O–H groups in total. The molecule has 1 saturated heterocycles. The molecule has 1 aliphatic heterocycles. The van der Waals surface area contributed by atoms with Gasteiger partial charge in [-0.15, -0.1) is 0 Å². The number of nitrogen functional groups attached to an aromatic ring is 1. The van der Waals surface area contributed by atoms with Gasteiger partial charge in [-0.3, -0.25) is 0 Å². The van der Waals surface area contributed by atoms with Crippen molar-refractivity contribution in [2.45, 2.75) is 51.2 Å². The van der Waals surface area contributed by atoms with E-state index >= 15 is 0 Å². The van der Waals surface area contributed by atoms with Gasteiger partial charge in [0.05, 0.1) is 18.3 Å². The van der Waals surface area contributed by atoms with E-state index in [1.165, 1.54) is 0 Å². The maximum atomic E-state index is 9.46. The summed E-state index contributed by atoms with van der Waals surface area (Å²) in [5.74, 6) is 2.78. The Morgan fingerprint density at radius 3 is 2.71 bits per heavy atom. The summed E-state index contributed by atoms with van der Waals surface area (Å²) in [6.07, 6.45) is 2.10. The number of nitrogens with zero attached hydrogens (tertiary/aromatic N) is 3. The second-order valence-electron chi connectivity index (χ2n) is 6.75. The molecule has 2 fully saturated rings. The molecular formula is C15H24N4O2. The van der Waals surface area contributed by atoms with Crippen molar-refractivity contribution in [1.82, 2.24) is 9.97 Å². The van der Waals surface area contributed by atoms with Crippen LogP contribution in [-0.2, 0) is 4.74 Å². The van der Waals surface area contributed by atoms with E-state index in [4.69, 9.17) is 15.5 Å². The molecule has 21 heavy (non-hydrogen) atoms. The summed E-state index contributed by atoms with van der Waals surface area (Å²) >= 11 is 0. The van der Waals surface area contributed by atoms with Gasteiger partial charge in [-0.2, -0.15) is 0 Å². The standard InChI is InChI=1S/C15H24N4O2/c1-9-12(16)17-13(10-4-5-10)18-14(9)19-6-11(7-20)21-15(2,3)8-19/h10-11,20H,4-8H2,1-3H3,(H2,16,17,18). The largest absolute Gasteiger partial charge is 0.394 e. The van der Waals surface area contributed by atoms with Crippen molar-refractivity contribution in [3.05, 3.63) is 11.4 Å². The molecule has 2 heterocycles. The van der Waals surface area contributed by atoms with Crippen LogP contribution in [0.1, 0.15) is 44.0 Å². The van der Waals surface area contributed by atoms with Crippen LogP contribution in [0.5, 0.6) is 0 Å². The first-order valence-corrected chi connectivity index (χ1v) is 7.57. The Balaban J connectivity index is 1.94. The summed E-state index contributed by atoms with van der Waals surface area (Å²) < 4.78 is 5.87. The zero-order valence-corrected chi connectivity index (χ0v) is 13.0. The number of hydrogen-bond acceptors (Lipinski definition) is 6. The van der Waals surface area contributed by atoms with Crippen LogP contribution in [0, 0.1) is 6.92 Å². The van der Waals surface area contributed by atoms with Gasteiger partial charge in [-0.1, -0.05) is 0 Å². The molecule has 116 valence electrons. The Bertz CT molecular complexity index is 543. The highest BCUT2D eigenvalue weighted by Gasteiger charge is 2.35. The van der Waals surface area contributed by atoms with Crippen LogP contribution in [0.2, 0.25) is 0 Å². The molecule has 1 aliphatic carbocycles. The van der Waals surface area contributed by atoms with Gasteiger partial charge in [0, 0.05) is 24.6 Å². The molecule has 1 aromatic heterocycles. The molecule has 2 aliphatic rings. The van der Waals surface area contributed by atoms with Crippen molar-refractivity contribution in [2.24, 2.45) is 0 Å². The monoisotopic (exact) mass is 292 g/mol. The number of aromatic nitrogens is 2. The maximum Gasteiger partial charge on any atom is 0.137 e. The molecule has 1 aromatic rings. The summed E-state index contributed by atoms with van der Waals surface area (Å²) in [5, 5.41) is 9.46. The Kier molecular flexibility index (Phi) is 3.53. The van der Waals surface area contributed by atoms with Crippen LogP contribution in [0.4, 0.5) is 11.6 Å². The number of aliphatic hydroxyl groups is 1. The summed E-state index contributed by atoms with van der Waals surface area (Å²) in [7, 11) is 0. The minimum Gasteiger partial charge on any atom is -0.394 e. The number of anilines is 2. The number of nitrogens with two attached hydrogens (primary N) is 1. The second-order valence-corrected chi connectivity index (χ2v) is 6.75.